The fraction of sp³-hybridized carbons (Fsp3) is 0.0909. The lowest BCUT2D eigenvalue weighted by molar-refractivity contribution is -0.116. The molecule has 0 spiro atoms. The van der Waals surface area contributed by atoms with Crippen LogP contribution in [-0.2, 0) is 14.8 Å². The molecule has 1 N–H and O–H groups in total. The molecule has 7 nitrogen and oxygen atoms in total. The maximum absolute atomic E-state index is 12.6. The van der Waals surface area contributed by atoms with E-state index in [1.165, 1.54) is 31.3 Å². The molecular weight excluding hydrogens is 438 g/mol. The SMILES string of the molecule is CN(CC(=O)Nc1ccc(Oc2ccccc2Cl)cc1)S(=O)(=O)c1ccc(C#N)cc1. The van der Waals surface area contributed by atoms with Gasteiger partial charge in [0, 0.05) is 12.7 Å². The molecule has 0 radical (unpaired) electrons. The molecule has 3 aromatic carbocycles. The Bertz CT molecular complexity index is 1220. The molecule has 0 saturated heterocycles. The van der Waals surface area contributed by atoms with Gasteiger partial charge in [0.2, 0.25) is 15.9 Å². The molecular formula is C22H18ClN3O4S. The number of sulfonamides is 1. The molecule has 0 fully saturated rings. The van der Waals surface area contributed by atoms with Gasteiger partial charge in [-0.1, -0.05) is 23.7 Å². The number of anilines is 1. The zero-order chi connectivity index (χ0) is 22.4. The Hall–Kier alpha value is -3.38. The molecule has 0 aromatic heterocycles. The van der Waals surface area contributed by atoms with Gasteiger partial charge in [-0.05, 0) is 60.7 Å². The van der Waals surface area contributed by atoms with Gasteiger partial charge in [0.25, 0.3) is 0 Å². The number of nitriles is 1. The van der Waals surface area contributed by atoms with Crippen LogP contribution >= 0.6 is 11.6 Å². The second-order valence-electron chi connectivity index (χ2n) is 6.50. The van der Waals surface area contributed by atoms with Crippen LogP contribution in [-0.4, -0.2) is 32.2 Å². The molecule has 0 unspecified atom stereocenters. The zero-order valence-electron chi connectivity index (χ0n) is 16.4. The predicted octanol–water partition coefficient (Wildman–Crippen LogP) is 4.26. The molecule has 9 heteroatoms. The minimum Gasteiger partial charge on any atom is -0.456 e. The lowest BCUT2D eigenvalue weighted by Crippen LogP contribution is -2.34. The highest BCUT2D eigenvalue weighted by atomic mass is 35.5. The standard InChI is InChI=1S/C22H18ClN3O4S/c1-26(31(28,29)19-12-6-16(14-24)7-13-19)15-22(27)25-17-8-10-18(11-9-17)30-21-5-3-2-4-20(21)23/h2-13H,15H2,1H3,(H,25,27). The number of carbonyl (C=O) groups is 1. The van der Waals surface area contributed by atoms with Crippen molar-refractivity contribution in [2.45, 2.75) is 4.90 Å². The number of nitrogens with zero attached hydrogens (tertiary/aromatic N) is 2. The first-order chi connectivity index (χ1) is 14.8. The monoisotopic (exact) mass is 455 g/mol. The second kappa shape index (κ2) is 9.62. The third-order valence-electron chi connectivity index (χ3n) is 4.26. The van der Waals surface area contributed by atoms with Crippen molar-refractivity contribution in [3.8, 4) is 17.6 Å². The summed E-state index contributed by atoms with van der Waals surface area (Å²) in [6.07, 6.45) is 0. The third-order valence-corrected chi connectivity index (χ3v) is 6.39. The van der Waals surface area contributed by atoms with Gasteiger partial charge in [0.05, 0.1) is 28.1 Å². The largest absolute Gasteiger partial charge is 0.456 e. The Kier molecular flexibility index (Phi) is 6.92. The van der Waals surface area contributed by atoms with E-state index < -0.39 is 15.9 Å². The molecule has 0 saturated carbocycles. The average molecular weight is 456 g/mol. The number of ether oxygens (including phenoxy) is 1. The number of carbonyl (C=O) groups excluding carboxylic acids is 1. The van der Waals surface area contributed by atoms with Crippen molar-refractivity contribution in [3.63, 3.8) is 0 Å². The highest BCUT2D eigenvalue weighted by molar-refractivity contribution is 7.89. The van der Waals surface area contributed by atoms with E-state index in [1.54, 1.807) is 48.5 Å². The lowest BCUT2D eigenvalue weighted by Gasteiger charge is -2.17. The number of benzene rings is 3. The van der Waals surface area contributed by atoms with Crippen LogP contribution in [0.1, 0.15) is 5.56 Å². The molecule has 3 rings (SSSR count). The molecule has 3 aromatic rings. The van der Waals surface area contributed by atoms with Crippen LogP contribution in [0, 0.1) is 11.3 Å². The molecule has 158 valence electrons. The topological polar surface area (TPSA) is 99.5 Å². The summed E-state index contributed by atoms with van der Waals surface area (Å²) >= 11 is 6.07. The number of amides is 1. The molecule has 31 heavy (non-hydrogen) atoms. The average Bonchev–Trinajstić information content (AvgIpc) is 2.76. The fourth-order valence-corrected chi connectivity index (χ4v) is 3.93. The quantitative estimate of drug-likeness (QED) is 0.573. The van der Waals surface area contributed by atoms with E-state index in [-0.39, 0.29) is 11.4 Å². The number of para-hydroxylation sites is 1. The van der Waals surface area contributed by atoms with Gasteiger partial charge in [-0.2, -0.15) is 9.57 Å². The van der Waals surface area contributed by atoms with Crippen LogP contribution in [0.2, 0.25) is 5.02 Å². The van der Waals surface area contributed by atoms with Crippen LogP contribution in [0.4, 0.5) is 5.69 Å². The van der Waals surface area contributed by atoms with Crippen molar-refractivity contribution in [3.05, 3.63) is 83.4 Å². The first-order valence-electron chi connectivity index (χ1n) is 9.08. The number of halogens is 1. The molecule has 0 bridgehead atoms. The predicted molar refractivity (Wildman–Crippen MR) is 118 cm³/mol. The number of likely N-dealkylation sites (N-methyl/N-ethyl adjacent to an activating group) is 1. The molecule has 1 amide bonds. The van der Waals surface area contributed by atoms with Crippen LogP contribution in [0.25, 0.3) is 0 Å². The van der Waals surface area contributed by atoms with Gasteiger partial charge in [-0.3, -0.25) is 4.79 Å². The number of hydrogen-bond donors (Lipinski definition) is 1. The fourth-order valence-electron chi connectivity index (χ4n) is 2.63. The number of nitrogens with one attached hydrogen (secondary N) is 1. The van der Waals surface area contributed by atoms with E-state index in [4.69, 9.17) is 21.6 Å². The summed E-state index contributed by atoms with van der Waals surface area (Å²) in [5.74, 6) is 0.543. The first-order valence-corrected chi connectivity index (χ1v) is 10.9. The summed E-state index contributed by atoms with van der Waals surface area (Å²) < 4.78 is 31.8. The van der Waals surface area contributed by atoms with Gasteiger partial charge in [0.15, 0.2) is 0 Å². The summed E-state index contributed by atoms with van der Waals surface area (Å²) in [6.45, 7) is -0.375. The number of hydrogen-bond acceptors (Lipinski definition) is 5. The van der Waals surface area contributed by atoms with E-state index in [9.17, 15) is 13.2 Å². The Morgan fingerprint density at radius 3 is 2.32 bits per heavy atom. The lowest BCUT2D eigenvalue weighted by atomic mass is 10.2. The van der Waals surface area contributed by atoms with Crippen molar-refractivity contribution in [2.24, 2.45) is 0 Å². The van der Waals surface area contributed by atoms with Crippen LogP contribution in [0.3, 0.4) is 0 Å². The van der Waals surface area contributed by atoms with Gasteiger partial charge in [-0.25, -0.2) is 8.42 Å². The van der Waals surface area contributed by atoms with Crippen molar-refractivity contribution >= 4 is 33.2 Å². The van der Waals surface area contributed by atoms with E-state index >= 15 is 0 Å². The van der Waals surface area contributed by atoms with Gasteiger partial charge in [0.1, 0.15) is 11.5 Å². The molecule has 0 aliphatic heterocycles. The Balaban J connectivity index is 1.60. The highest BCUT2D eigenvalue weighted by Crippen LogP contribution is 2.29. The Morgan fingerprint density at radius 2 is 1.71 bits per heavy atom. The van der Waals surface area contributed by atoms with Crippen LogP contribution < -0.4 is 10.1 Å². The summed E-state index contributed by atoms with van der Waals surface area (Å²) in [6, 6.07) is 21.1. The maximum atomic E-state index is 12.6. The van der Waals surface area contributed by atoms with Crippen molar-refractivity contribution in [1.82, 2.24) is 4.31 Å². The molecule has 0 aliphatic carbocycles. The Morgan fingerprint density at radius 1 is 1.06 bits per heavy atom. The summed E-state index contributed by atoms with van der Waals surface area (Å²) in [5, 5.41) is 12.0. The van der Waals surface area contributed by atoms with Crippen LogP contribution in [0.15, 0.2) is 77.7 Å². The van der Waals surface area contributed by atoms with Crippen molar-refractivity contribution in [2.75, 3.05) is 18.9 Å². The minimum absolute atomic E-state index is 0.00266. The van der Waals surface area contributed by atoms with E-state index in [0.717, 1.165) is 4.31 Å². The highest BCUT2D eigenvalue weighted by Gasteiger charge is 2.23. The Labute approximate surface area is 185 Å². The molecule has 0 aliphatic rings. The molecule has 0 heterocycles. The van der Waals surface area contributed by atoms with Crippen LogP contribution in [0.5, 0.6) is 11.5 Å². The van der Waals surface area contributed by atoms with E-state index in [1.807, 2.05) is 6.07 Å². The minimum atomic E-state index is -3.87. The van der Waals surface area contributed by atoms with Crippen molar-refractivity contribution < 1.29 is 17.9 Å². The van der Waals surface area contributed by atoms with E-state index in [2.05, 4.69) is 5.32 Å². The smallest absolute Gasteiger partial charge is 0.243 e. The van der Waals surface area contributed by atoms with Crippen molar-refractivity contribution in [1.29, 1.82) is 5.26 Å². The normalized spacial score (nSPS) is 11.0. The molecule has 0 atom stereocenters. The summed E-state index contributed by atoms with van der Waals surface area (Å²) in [7, 11) is -2.55. The van der Waals surface area contributed by atoms with E-state index in [0.29, 0.717) is 27.8 Å². The van der Waals surface area contributed by atoms with Gasteiger partial charge in [-0.15, -0.1) is 0 Å². The first kappa shape index (κ1) is 22.3. The summed E-state index contributed by atoms with van der Waals surface area (Å²) in [4.78, 5) is 12.3. The zero-order valence-corrected chi connectivity index (χ0v) is 18.0. The summed E-state index contributed by atoms with van der Waals surface area (Å²) in [5.41, 5.74) is 0.835. The third kappa shape index (κ3) is 5.61. The van der Waals surface area contributed by atoms with Gasteiger partial charge < -0.3 is 10.1 Å². The number of rotatable bonds is 7. The second-order valence-corrected chi connectivity index (χ2v) is 8.95. The maximum Gasteiger partial charge on any atom is 0.243 e. The van der Waals surface area contributed by atoms with Gasteiger partial charge >= 0.3 is 0 Å².